The van der Waals surface area contributed by atoms with Gasteiger partial charge < -0.3 is 15.3 Å². The summed E-state index contributed by atoms with van der Waals surface area (Å²) in [6, 6.07) is -1.00. The molecule has 2 amide bonds. The zero-order chi connectivity index (χ0) is 13.7. The highest BCUT2D eigenvalue weighted by atomic mass is 32.2. The molecule has 2 atom stereocenters. The number of hydrogen-bond acceptors (Lipinski definition) is 4. The first-order valence-electron chi connectivity index (χ1n) is 6.06. The standard InChI is InChI=1S/C11H21N3O3S/c1-4-13(3)6-5-12-11(17)14-8(2)18-7-9(14)10(15)16/h8-9H,4-7H2,1-3H3,(H,12,17)(H,15,16). The van der Waals surface area contributed by atoms with Crippen molar-refractivity contribution < 1.29 is 14.7 Å². The first-order valence-corrected chi connectivity index (χ1v) is 7.11. The number of aliphatic carboxylic acids is 1. The number of thioether (sulfide) groups is 1. The van der Waals surface area contributed by atoms with Gasteiger partial charge in [0.2, 0.25) is 0 Å². The van der Waals surface area contributed by atoms with Crippen molar-refractivity contribution in [3.05, 3.63) is 0 Å². The second-order valence-corrected chi connectivity index (χ2v) is 5.67. The van der Waals surface area contributed by atoms with Crippen molar-refractivity contribution in [2.75, 3.05) is 32.4 Å². The van der Waals surface area contributed by atoms with Crippen LogP contribution in [0.15, 0.2) is 0 Å². The van der Waals surface area contributed by atoms with Gasteiger partial charge >= 0.3 is 12.0 Å². The summed E-state index contributed by atoms with van der Waals surface area (Å²) in [5.41, 5.74) is 0. The van der Waals surface area contributed by atoms with E-state index in [0.717, 1.165) is 13.1 Å². The van der Waals surface area contributed by atoms with Crippen molar-refractivity contribution in [3.63, 3.8) is 0 Å². The molecule has 2 N–H and O–H groups in total. The van der Waals surface area contributed by atoms with Gasteiger partial charge in [-0.3, -0.25) is 4.90 Å². The molecule has 0 aromatic heterocycles. The summed E-state index contributed by atoms with van der Waals surface area (Å²) >= 11 is 1.49. The van der Waals surface area contributed by atoms with Crippen molar-refractivity contribution in [3.8, 4) is 0 Å². The Kier molecular flexibility index (Phi) is 5.74. The van der Waals surface area contributed by atoms with Crippen molar-refractivity contribution >= 4 is 23.8 Å². The molecule has 1 fully saturated rings. The SMILES string of the molecule is CCN(C)CCNC(=O)N1C(C)SCC1C(=O)O. The summed E-state index contributed by atoms with van der Waals surface area (Å²) in [7, 11) is 1.97. The van der Waals surface area contributed by atoms with Crippen LogP contribution in [-0.2, 0) is 4.79 Å². The van der Waals surface area contributed by atoms with Crippen LogP contribution in [0.3, 0.4) is 0 Å². The molecule has 104 valence electrons. The van der Waals surface area contributed by atoms with Crippen LogP contribution in [0.1, 0.15) is 13.8 Å². The number of carbonyl (C=O) groups is 2. The van der Waals surface area contributed by atoms with Crippen LogP contribution in [0, 0.1) is 0 Å². The second kappa shape index (κ2) is 6.84. The highest BCUT2D eigenvalue weighted by Crippen LogP contribution is 2.28. The molecular weight excluding hydrogens is 254 g/mol. The van der Waals surface area contributed by atoms with Crippen LogP contribution >= 0.6 is 11.8 Å². The largest absolute Gasteiger partial charge is 0.480 e. The van der Waals surface area contributed by atoms with E-state index in [4.69, 9.17) is 5.11 Å². The molecule has 0 aromatic carbocycles. The zero-order valence-electron chi connectivity index (χ0n) is 11.0. The molecule has 6 nitrogen and oxygen atoms in total. The number of nitrogens with zero attached hydrogens (tertiary/aromatic N) is 2. The van der Waals surface area contributed by atoms with Gasteiger partial charge in [0.05, 0.1) is 5.37 Å². The minimum atomic E-state index is -0.937. The first-order chi connectivity index (χ1) is 8.47. The van der Waals surface area contributed by atoms with Crippen molar-refractivity contribution in [2.24, 2.45) is 0 Å². The van der Waals surface area contributed by atoms with E-state index >= 15 is 0 Å². The summed E-state index contributed by atoms with van der Waals surface area (Å²) in [5, 5.41) is 11.7. The number of carbonyl (C=O) groups excluding carboxylic acids is 1. The van der Waals surface area contributed by atoms with E-state index < -0.39 is 12.0 Å². The van der Waals surface area contributed by atoms with Gasteiger partial charge in [0.1, 0.15) is 6.04 Å². The highest BCUT2D eigenvalue weighted by molar-refractivity contribution is 8.00. The number of amides is 2. The van der Waals surface area contributed by atoms with E-state index in [9.17, 15) is 9.59 Å². The van der Waals surface area contributed by atoms with E-state index in [1.807, 2.05) is 20.9 Å². The van der Waals surface area contributed by atoms with E-state index in [0.29, 0.717) is 12.3 Å². The third-order valence-electron chi connectivity index (χ3n) is 3.05. The molecule has 1 aliphatic heterocycles. The monoisotopic (exact) mass is 275 g/mol. The van der Waals surface area contributed by atoms with Gasteiger partial charge in [0.25, 0.3) is 0 Å². The predicted octanol–water partition coefficient (Wildman–Crippen LogP) is 0.496. The molecule has 0 aliphatic carbocycles. The van der Waals surface area contributed by atoms with Crippen molar-refractivity contribution in [1.82, 2.24) is 15.1 Å². The Morgan fingerprint density at radius 3 is 2.78 bits per heavy atom. The van der Waals surface area contributed by atoms with Gasteiger partial charge in [-0.1, -0.05) is 6.92 Å². The first kappa shape index (κ1) is 15.1. The van der Waals surface area contributed by atoms with E-state index in [1.54, 1.807) is 0 Å². The van der Waals surface area contributed by atoms with E-state index in [1.165, 1.54) is 16.7 Å². The van der Waals surface area contributed by atoms with Gasteiger partial charge in [-0.25, -0.2) is 9.59 Å². The lowest BCUT2D eigenvalue weighted by Gasteiger charge is -2.25. The Morgan fingerprint density at radius 1 is 1.56 bits per heavy atom. The summed E-state index contributed by atoms with van der Waals surface area (Å²) in [4.78, 5) is 26.5. The molecule has 0 aromatic rings. The molecule has 0 saturated carbocycles. The Hall–Kier alpha value is -0.950. The fraction of sp³-hybridized carbons (Fsp3) is 0.818. The molecule has 1 rings (SSSR count). The smallest absolute Gasteiger partial charge is 0.327 e. The fourth-order valence-corrected chi connectivity index (χ4v) is 2.91. The van der Waals surface area contributed by atoms with Crippen LogP contribution in [-0.4, -0.2) is 70.8 Å². The molecular formula is C11H21N3O3S. The Balaban J connectivity index is 2.46. The third-order valence-corrected chi connectivity index (χ3v) is 4.27. The molecule has 1 saturated heterocycles. The molecule has 1 heterocycles. The van der Waals surface area contributed by atoms with Gasteiger partial charge in [-0.15, -0.1) is 11.8 Å². The van der Waals surface area contributed by atoms with E-state index in [-0.39, 0.29) is 11.4 Å². The predicted molar refractivity (Wildman–Crippen MR) is 71.8 cm³/mol. The lowest BCUT2D eigenvalue weighted by atomic mass is 10.3. The maximum absolute atomic E-state index is 12.0. The fourth-order valence-electron chi connectivity index (χ4n) is 1.74. The van der Waals surface area contributed by atoms with Crippen LogP contribution < -0.4 is 5.32 Å². The van der Waals surface area contributed by atoms with Crippen LogP contribution in [0.4, 0.5) is 4.79 Å². The van der Waals surface area contributed by atoms with Gasteiger partial charge in [-0.05, 0) is 20.5 Å². The summed E-state index contributed by atoms with van der Waals surface area (Å²) in [6.07, 6.45) is 0. The molecule has 0 bridgehead atoms. The van der Waals surface area contributed by atoms with Gasteiger partial charge in [0, 0.05) is 18.8 Å². The number of carboxylic acid groups (broad SMARTS) is 1. The third kappa shape index (κ3) is 3.78. The lowest BCUT2D eigenvalue weighted by Crippen LogP contribution is -2.50. The topological polar surface area (TPSA) is 72.9 Å². The average molecular weight is 275 g/mol. The minimum Gasteiger partial charge on any atom is -0.480 e. The number of nitrogens with one attached hydrogen (secondary N) is 1. The van der Waals surface area contributed by atoms with Gasteiger partial charge in [-0.2, -0.15) is 0 Å². The molecule has 2 unspecified atom stereocenters. The number of rotatable bonds is 5. The maximum Gasteiger partial charge on any atom is 0.327 e. The number of urea groups is 1. The number of carboxylic acids is 1. The summed E-state index contributed by atoms with van der Waals surface area (Å²) in [5.74, 6) is -0.480. The van der Waals surface area contributed by atoms with Crippen LogP contribution in [0.25, 0.3) is 0 Å². The van der Waals surface area contributed by atoms with Crippen molar-refractivity contribution in [2.45, 2.75) is 25.3 Å². The zero-order valence-corrected chi connectivity index (χ0v) is 11.9. The molecule has 0 radical (unpaired) electrons. The maximum atomic E-state index is 12.0. The Bertz CT molecular complexity index is 314. The summed E-state index contributed by atoms with van der Waals surface area (Å²) < 4.78 is 0. The molecule has 1 aliphatic rings. The molecule has 18 heavy (non-hydrogen) atoms. The minimum absolute atomic E-state index is 0.0880. The Morgan fingerprint density at radius 2 is 2.22 bits per heavy atom. The normalized spacial score (nSPS) is 23.4. The number of likely N-dealkylation sites (N-methyl/N-ethyl adjacent to an activating group) is 1. The van der Waals surface area contributed by atoms with Gasteiger partial charge in [0.15, 0.2) is 0 Å². The quantitative estimate of drug-likeness (QED) is 0.764. The van der Waals surface area contributed by atoms with Crippen molar-refractivity contribution in [1.29, 1.82) is 0 Å². The Labute approximate surface area is 112 Å². The molecule has 0 spiro atoms. The second-order valence-electron chi connectivity index (χ2n) is 4.32. The highest BCUT2D eigenvalue weighted by Gasteiger charge is 2.39. The van der Waals surface area contributed by atoms with Crippen LogP contribution in [0.2, 0.25) is 0 Å². The van der Waals surface area contributed by atoms with E-state index in [2.05, 4.69) is 10.2 Å². The number of hydrogen-bond donors (Lipinski definition) is 2. The summed E-state index contributed by atoms with van der Waals surface area (Å²) in [6.45, 7) is 6.11. The molecule has 7 heteroatoms. The average Bonchev–Trinajstić information content (AvgIpc) is 2.70. The lowest BCUT2D eigenvalue weighted by molar-refractivity contribution is -0.141. The van der Waals surface area contributed by atoms with Crippen LogP contribution in [0.5, 0.6) is 0 Å².